The predicted octanol–water partition coefficient (Wildman–Crippen LogP) is 3.05. The first-order valence-electron chi connectivity index (χ1n) is 6.23. The van der Waals surface area contributed by atoms with Crippen LogP contribution in [0.2, 0.25) is 0 Å². The van der Waals surface area contributed by atoms with E-state index in [1.165, 1.54) is 11.3 Å². The van der Waals surface area contributed by atoms with E-state index >= 15 is 0 Å². The number of carbonyl (C=O) groups is 1. The molecule has 0 fully saturated rings. The average molecular weight is 231 g/mol. The maximum absolute atomic E-state index is 12.1. The summed E-state index contributed by atoms with van der Waals surface area (Å²) in [4.78, 5) is 14.3. The van der Waals surface area contributed by atoms with E-state index in [4.69, 9.17) is 0 Å². The van der Waals surface area contributed by atoms with Crippen LogP contribution in [0.15, 0.2) is 24.3 Å². The summed E-state index contributed by atoms with van der Waals surface area (Å²) in [5.74, 6) is 0.349. The molecule has 0 aliphatic carbocycles. The fourth-order valence-electron chi connectivity index (χ4n) is 2.34. The van der Waals surface area contributed by atoms with Gasteiger partial charge in [0, 0.05) is 30.6 Å². The number of nitrogens with zero attached hydrogens (tertiary/aromatic N) is 1. The minimum Gasteiger partial charge on any atom is -0.371 e. The summed E-state index contributed by atoms with van der Waals surface area (Å²) in [5.41, 5.74) is 2.41. The van der Waals surface area contributed by atoms with Crippen LogP contribution in [0.25, 0.3) is 0 Å². The monoisotopic (exact) mass is 231 g/mol. The van der Waals surface area contributed by atoms with Crippen LogP contribution < -0.4 is 4.90 Å². The second-order valence-corrected chi connectivity index (χ2v) is 5.97. The van der Waals surface area contributed by atoms with E-state index in [9.17, 15) is 4.79 Å². The number of para-hydroxylation sites is 1. The van der Waals surface area contributed by atoms with Crippen molar-refractivity contribution < 1.29 is 4.79 Å². The summed E-state index contributed by atoms with van der Waals surface area (Å²) < 4.78 is 0. The van der Waals surface area contributed by atoms with E-state index in [0.717, 1.165) is 6.42 Å². The van der Waals surface area contributed by atoms with Gasteiger partial charge in [0.25, 0.3) is 0 Å². The van der Waals surface area contributed by atoms with Crippen LogP contribution >= 0.6 is 0 Å². The zero-order valence-corrected chi connectivity index (χ0v) is 11.2. The molecule has 0 radical (unpaired) electrons. The van der Waals surface area contributed by atoms with Gasteiger partial charge in [-0.2, -0.15) is 0 Å². The Morgan fingerprint density at radius 2 is 2.00 bits per heavy atom. The number of rotatable bonds is 2. The molecule has 2 rings (SSSR count). The summed E-state index contributed by atoms with van der Waals surface area (Å²) in [6.07, 6.45) is 1.64. The van der Waals surface area contributed by atoms with Gasteiger partial charge in [-0.3, -0.25) is 4.79 Å². The van der Waals surface area contributed by atoms with Gasteiger partial charge >= 0.3 is 0 Å². The Labute approximate surface area is 104 Å². The zero-order chi connectivity index (χ0) is 12.6. The summed E-state index contributed by atoms with van der Waals surface area (Å²) in [5, 5.41) is 0. The van der Waals surface area contributed by atoms with Crippen molar-refractivity contribution in [2.45, 2.75) is 39.7 Å². The first-order chi connectivity index (χ1) is 7.89. The van der Waals surface area contributed by atoms with Crippen molar-refractivity contribution in [2.24, 2.45) is 5.41 Å². The standard InChI is InChI=1S/C15H21NO/c1-15(2,3)14(17)10-12-9-11-7-5-6-8-13(11)16(12)4/h5-8,12H,9-10H2,1-4H3. The Kier molecular flexibility index (Phi) is 2.98. The largest absolute Gasteiger partial charge is 0.371 e. The minimum atomic E-state index is -0.227. The molecule has 0 saturated carbocycles. The lowest BCUT2D eigenvalue weighted by molar-refractivity contribution is -0.126. The maximum atomic E-state index is 12.1. The highest BCUT2D eigenvalue weighted by molar-refractivity contribution is 5.85. The fraction of sp³-hybridized carbons (Fsp3) is 0.533. The highest BCUT2D eigenvalue weighted by Gasteiger charge is 2.31. The van der Waals surface area contributed by atoms with Crippen LogP contribution in [0.3, 0.4) is 0 Å². The van der Waals surface area contributed by atoms with Crippen molar-refractivity contribution >= 4 is 11.5 Å². The Bertz CT molecular complexity index is 431. The van der Waals surface area contributed by atoms with Crippen LogP contribution in [-0.4, -0.2) is 18.9 Å². The number of hydrogen-bond acceptors (Lipinski definition) is 2. The smallest absolute Gasteiger partial charge is 0.140 e. The molecular weight excluding hydrogens is 210 g/mol. The quantitative estimate of drug-likeness (QED) is 0.779. The number of carbonyl (C=O) groups excluding carboxylic acids is 1. The molecule has 0 amide bonds. The Balaban J connectivity index is 2.11. The van der Waals surface area contributed by atoms with Gasteiger partial charge in [0.2, 0.25) is 0 Å². The van der Waals surface area contributed by atoms with Gasteiger partial charge in [-0.05, 0) is 18.1 Å². The third-order valence-electron chi connectivity index (χ3n) is 3.63. The molecule has 1 unspecified atom stereocenters. The SMILES string of the molecule is CN1c2ccccc2CC1CC(=O)C(C)(C)C. The maximum Gasteiger partial charge on any atom is 0.140 e. The molecule has 0 spiro atoms. The molecule has 0 N–H and O–H groups in total. The van der Waals surface area contributed by atoms with Crippen LogP contribution in [-0.2, 0) is 11.2 Å². The topological polar surface area (TPSA) is 20.3 Å². The molecule has 2 heteroatoms. The third kappa shape index (κ3) is 2.36. The van der Waals surface area contributed by atoms with Crippen molar-refractivity contribution in [1.29, 1.82) is 0 Å². The second-order valence-electron chi connectivity index (χ2n) is 5.97. The molecule has 1 aliphatic rings. The van der Waals surface area contributed by atoms with Crippen LogP contribution in [0.1, 0.15) is 32.8 Å². The van der Waals surface area contributed by atoms with Crippen LogP contribution in [0.5, 0.6) is 0 Å². The first kappa shape index (κ1) is 12.2. The zero-order valence-electron chi connectivity index (χ0n) is 11.2. The molecule has 0 aromatic heterocycles. The molecule has 1 aliphatic heterocycles. The summed E-state index contributed by atoms with van der Waals surface area (Å²) in [7, 11) is 2.09. The highest BCUT2D eigenvalue weighted by atomic mass is 16.1. The van der Waals surface area contributed by atoms with Crippen molar-refractivity contribution in [1.82, 2.24) is 0 Å². The van der Waals surface area contributed by atoms with E-state index in [2.05, 4.69) is 36.2 Å². The Morgan fingerprint density at radius 3 is 2.59 bits per heavy atom. The third-order valence-corrected chi connectivity index (χ3v) is 3.63. The predicted molar refractivity (Wildman–Crippen MR) is 71.4 cm³/mol. The van der Waals surface area contributed by atoms with Crippen LogP contribution in [0, 0.1) is 5.41 Å². The molecule has 2 nitrogen and oxygen atoms in total. The van der Waals surface area contributed by atoms with Gasteiger partial charge in [0.15, 0.2) is 0 Å². The fourth-order valence-corrected chi connectivity index (χ4v) is 2.34. The van der Waals surface area contributed by atoms with Gasteiger partial charge < -0.3 is 4.90 Å². The minimum absolute atomic E-state index is 0.227. The van der Waals surface area contributed by atoms with Gasteiger partial charge in [0.1, 0.15) is 5.78 Å². The van der Waals surface area contributed by atoms with Gasteiger partial charge in [-0.1, -0.05) is 39.0 Å². The summed E-state index contributed by atoms with van der Waals surface area (Å²) >= 11 is 0. The normalized spacial score (nSPS) is 19.3. The molecule has 1 aromatic carbocycles. The first-order valence-corrected chi connectivity index (χ1v) is 6.23. The number of benzene rings is 1. The van der Waals surface area contributed by atoms with E-state index < -0.39 is 0 Å². The highest BCUT2D eigenvalue weighted by Crippen LogP contribution is 2.33. The molecule has 0 bridgehead atoms. The number of likely N-dealkylation sites (N-methyl/N-ethyl adjacent to an activating group) is 1. The summed E-state index contributed by atoms with van der Waals surface area (Å²) in [6.45, 7) is 5.99. The molecule has 0 saturated heterocycles. The molecule has 1 atom stereocenters. The number of ketones is 1. The van der Waals surface area contributed by atoms with E-state index in [1.807, 2.05) is 20.8 Å². The number of fused-ring (bicyclic) bond motifs is 1. The lowest BCUT2D eigenvalue weighted by Gasteiger charge is -2.25. The molecule has 1 heterocycles. The lowest BCUT2D eigenvalue weighted by atomic mass is 9.86. The average Bonchev–Trinajstić information content (AvgIpc) is 2.55. The van der Waals surface area contributed by atoms with Crippen LogP contribution in [0.4, 0.5) is 5.69 Å². The second kappa shape index (κ2) is 4.17. The van der Waals surface area contributed by atoms with E-state index in [1.54, 1.807) is 0 Å². The van der Waals surface area contributed by atoms with Gasteiger partial charge in [-0.15, -0.1) is 0 Å². The number of anilines is 1. The molecule has 92 valence electrons. The van der Waals surface area contributed by atoms with Crippen molar-refractivity contribution in [2.75, 3.05) is 11.9 Å². The van der Waals surface area contributed by atoms with Gasteiger partial charge in [-0.25, -0.2) is 0 Å². The van der Waals surface area contributed by atoms with Gasteiger partial charge in [0.05, 0.1) is 0 Å². The molecule has 17 heavy (non-hydrogen) atoms. The van der Waals surface area contributed by atoms with Crippen molar-refractivity contribution in [3.8, 4) is 0 Å². The van der Waals surface area contributed by atoms with Crippen molar-refractivity contribution in [3.05, 3.63) is 29.8 Å². The lowest BCUT2D eigenvalue weighted by Crippen LogP contribution is -2.34. The summed E-state index contributed by atoms with van der Waals surface area (Å²) in [6, 6.07) is 8.76. The Morgan fingerprint density at radius 1 is 1.35 bits per heavy atom. The van der Waals surface area contributed by atoms with E-state index in [0.29, 0.717) is 18.2 Å². The molecule has 1 aromatic rings. The van der Waals surface area contributed by atoms with Crippen molar-refractivity contribution in [3.63, 3.8) is 0 Å². The van der Waals surface area contributed by atoms with E-state index in [-0.39, 0.29) is 5.41 Å². The number of Topliss-reactive ketones (excluding diaryl/α,β-unsaturated/α-hetero) is 1. The molecular formula is C15H21NO. The Hall–Kier alpha value is -1.31. The number of hydrogen-bond donors (Lipinski definition) is 0.